The summed E-state index contributed by atoms with van der Waals surface area (Å²) < 4.78 is 5.58. The lowest BCUT2D eigenvalue weighted by molar-refractivity contribution is 0.0640. The number of nitriles is 1. The van der Waals surface area contributed by atoms with Gasteiger partial charge in [-0.2, -0.15) is 5.26 Å². The lowest BCUT2D eigenvalue weighted by atomic mass is 10.1. The molecule has 0 fully saturated rings. The quantitative estimate of drug-likeness (QED) is 0.921. The molecule has 0 amide bonds. The number of rotatable bonds is 5. The van der Waals surface area contributed by atoms with Crippen molar-refractivity contribution in [1.82, 2.24) is 4.90 Å². The topological polar surface area (TPSA) is 56.5 Å². The van der Waals surface area contributed by atoms with Gasteiger partial charge < -0.3 is 9.84 Å². The Morgan fingerprint density at radius 3 is 2.91 bits per heavy atom. The number of ether oxygens (including phenoxy) is 1. The SMILES string of the molecule is N#Cc1ccc(OC[C@H](O)CN2CCc3sccc3C2)cc1. The van der Waals surface area contributed by atoms with Crippen molar-refractivity contribution in [1.29, 1.82) is 5.26 Å². The van der Waals surface area contributed by atoms with E-state index in [2.05, 4.69) is 22.4 Å². The zero-order valence-corrected chi connectivity index (χ0v) is 13.1. The van der Waals surface area contributed by atoms with Gasteiger partial charge in [0.25, 0.3) is 0 Å². The molecule has 114 valence electrons. The first-order valence-electron chi connectivity index (χ1n) is 7.33. The molecule has 22 heavy (non-hydrogen) atoms. The molecule has 1 N–H and O–H groups in total. The minimum absolute atomic E-state index is 0.263. The molecule has 1 aromatic heterocycles. The van der Waals surface area contributed by atoms with Crippen molar-refractivity contribution in [3.8, 4) is 11.8 Å². The van der Waals surface area contributed by atoms with Crippen LogP contribution in [0.4, 0.5) is 0 Å². The van der Waals surface area contributed by atoms with Crippen LogP contribution in [0.1, 0.15) is 16.0 Å². The Morgan fingerprint density at radius 1 is 1.32 bits per heavy atom. The van der Waals surface area contributed by atoms with Crippen LogP contribution < -0.4 is 4.74 Å². The molecule has 1 atom stereocenters. The molecule has 1 aromatic carbocycles. The zero-order chi connectivity index (χ0) is 15.4. The summed E-state index contributed by atoms with van der Waals surface area (Å²) in [6.45, 7) is 2.78. The van der Waals surface area contributed by atoms with E-state index in [1.165, 1.54) is 10.4 Å². The van der Waals surface area contributed by atoms with Gasteiger partial charge in [0.05, 0.1) is 11.6 Å². The number of benzene rings is 1. The van der Waals surface area contributed by atoms with Crippen LogP contribution in [0.25, 0.3) is 0 Å². The number of β-amino-alcohol motifs (C(OH)–C–C–N with tert-alkyl or cyclic N) is 1. The molecule has 1 aliphatic rings. The lowest BCUT2D eigenvalue weighted by Gasteiger charge is -2.28. The summed E-state index contributed by atoms with van der Waals surface area (Å²) in [5.41, 5.74) is 1.99. The molecule has 1 aliphatic heterocycles. The number of aliphatic hydroxyl groups excluding tert-OH is 1. The highest BCUT2D eigenvalue weighted by Gasteiger charge is 2.19. The van der Waals surface area contributed by atoms with E-state index in [0.717, 1.165) is 19.5 Å². The van der Waals surface area contributed by atoms with Crippen LogP contribution >= 0.6 is 11.3 Å². The molecule has 0 unspecified atom stereocenters. The number of hydrogen-bond donors (Lipinski definition) is 1. The Bertz CT molecular complexity index is 660. The smallest absolute Gasteiger partial charge is 0.119 e. The molecule has 2 heterocycles. The van der Waals surface area contributed by atoms with Crippen molar-refractivity contribution in [2.75, 3.05) is 19.7 Å². The normalized spacial score (nSPS) is 15.8. The largest absolute Gasteiger partial charge is 0.491 e. The number of nitrogens with zero attached hydrogens (tertiary/aromatic N) is 2. The Kier molecular flexibility index (Phi) is 4.74. The van der Waals surface area contributed by atoms with Gasteiger partial charge >= 0.3 is 0 Å². The average molecular weight is 314 g/mol. The molecular formula is C17H18N2O2S. The molecule has 2 aromatic rings. The van der Waals surface area contributed by atoms with Gasteiger partial charge in [0.2, 0.25) is 0 Å². The summed E-state index contributed by atoms with van der Waals surface area (Å²) in [5.74, 6) is 0.678. The second kappa shape index (κ2) is 6.93. The van der Waals surface area contributed by atoms with Gasteiger partial charge in [-0.3, -0.25) is 4.90 Å². The summed E-state index contributed by atoms with van der Waals surface area (Å²) in [7, 11) is 0. The van der Waals surface area contributed by atoms with E-state index in [1.807, 2.05) is 11.3 Å². The lowest BCUT2D eigenvalue weighted by Crippen LogP contribution is -2.38. The predicted molar refractivity (Wildman–Crippen MR) is 86.0 cm³/mol. The first-order valence-corrected chi connectivity index (χ1v) is 8.21. The molecule has 4 nitrogen and oxygen atoms in total. The molecule has 3 rings (SSSR count). The van der Waals surface area contributed by atoms with Crippen LogP contribution in [0, 0.1) is 11.3 Å². The molecular weight excluding hydrogens is 296 g/mol. The second-order valence-corrected chi connectivity index (χ2v) is 6.46. The van der Waals surface area contributed by atoms with E-state index in [1.54, 1.807) is 24.3 Å². The van der Waals surface area contributed by atoms with Crippen molar-refractivity contribution in [3.63, 3.8) is 0 Å². The summed E-state index contributed by atoms with van der Waals surface area (Å²) in [5, 5.41) is 21.0. The maximum absolute atomic E-state index is 10.1. The predicted octanol–water partition coefficient (Wildman–Crippen LogP) is 2.42. The van der Waals surface area contributed by atoms with Crippen LogP contribution in [-0.2, 0) is 13.0 Å². The minimum Gasteiger partial charge on any atom is -0.491 e. The Hall–Kier alpha value is -1.87. The van der Waals surface area contributed by atoms with Crippen LogP contribution in [0.5, 0.6) is 5.75 Å². The third-order valence-corrected chi connectivity index (χ3v) is 4.80. The van der Waals surface area contributed by atoms with Crippen molar-refractivity contribution in [3.05, 3.63) is 51.7 Å². The van der Waals surface area contributed by atoms with E-state index in [4.69, 9.17) is 10.00 Å². The van der Waals surface area contributed by atoms with Crippen LogP contribution in [0.15, 0.2) is 35.7 Å². The zero-order valence-electron chi connectivity index (χ0n) is 12.2. The third-order valence-electron chi connectivity index (χ3n) is 3.78. The summed E-state index contributed by atoms with van der Waals surface area (Å²) in [4.78, 5) is 3.74. The number of aliphatic hydroxyl groups is 1. The molecule has 0 radical (unpaired) electrons. The molecule has 0 bridgehead atoms. The maximum Gasteiger partial charge on any atom is 0.119 e. The highest BCUT2D eigenvalue weighted by molar-refractivity contribution is 7.10. The number of fused-ring (bicyclic) bond motifs is 1. The van der Waals surface area contributed by atoms with E-state index < -0.39 is 6.10 Å². The fourth-order valence-corrected chi connectivity index (χ4v) is 3.52. The van der Waals surface area contributed by atoms with Crippen LogP contribution in [-0.4, -0.2) is 35.8 Å². The summed E-state index contributed by atoms with van der Waals surface area (Å²) in [6, 6.07) is 11.2. The van der Waals surface area contributed by atoms with E-state index in [-0.39, 0.29) is 6.61 Å². The highest BCUT2D eigenvalue weighted by atomic mass is 32.1. The number of thiophene rings is 1. The summed E-state index contributed by atoms with van der Waals surface area (Å²) in [6.07, 6.45) is 0.548. The van der Waals surface area contributed by atoms with Gasteiger partial charge in [-0.25, -0.2) is 0 Å². The average Bonchev–Trinajstić information content (AvgIpc) is 3.01. The third kappa shape index (κ3) is 3.66. The van der Waals surface area contributed by atoms with Gasteiger partial charge in [0.15, 0.2) is 0 Å². The molecule has 0 spiro atoms. The molecule has 5 heteroatoms. The van der Waals surface area contributed by atoms with E-state index >= 15 is 0 Å². The van der Waals surface area contributed by atoms with Gasteiger partial charge in [-0.15, -0.1) is 11.3 Å². The van der Waals surface area contributed by atoms with Crippen molar-refractivity contribution < 1.29 is 9.84 Å². The summed E-state index contributed by atoms with van der Waals surface area (Å²) >= 11 is 1.82. The fourth-order valence-electron chi connectivity index (χ4n) is 2.63. The number of hydrogen-bond acceptors (Lipinski definition) is 5. The Morgan fingerprint density at radius 2 is 2.14 bits per heavy atom. The van der Waals surface area contributed by atoms with E-state index in [9.17, 15) is 5.11 Å². The van der Waals surface area contributed by atoms with Gasteiger partial charge in [0.1, 0.15) is 18.5 Å². The first kappa shape index (κ1) is 15.0. The van der Waals surface area contributed by atoms with Crippen LogP contribution in [0.2, 0.25) is 0 Å². The maximum atomic E-state index is 10.1. The van der Waals surface area contributed by atoms with Gasteiger partial charge in [0, 0.05) is 24.5 Å². The van der Waals surface area contributed by atoms with Gasteiger partial charge in [-0.1, -0.05) is 0 Å². The highest BCUT2D eigenvalue weighted by Crippen LogP contribution is 2.24. The van der Waals surface area contributed by atoms with Crippen molar-refractivity contribution in [2.45, 2.75) is 19.1 Å². The van der Waals surface area contributed by atoms with E-state index in [0.29, 0.717) is 17.9 Å². The van der Waals surface area contributed by atoms with Crippen molar-refractivity contribution >= 4 is 11.3 Å². The monoisotopic (exact) mass is 314 g/mol. The Labute approximate surface area is 134 Å². The molecule has 0 saturated heterocycles. The van der Waals surface area contributed by atoms with Gasteiger partial charge in [-0.05, 0) is 47.7 Å². The minimum atomic E-state index is -0.518. The molecule has 0 aliphatic carbocycles. The first-order chi connectivity index (χ1) is 10.7. The molecule has 0 saturated carbocycles. The Balaban J connectivity index is 1.46. The second-order valence-electron chi connectivity index (χ2n) is 5.46. The fraction of sp³-hybridized carbons (Fsp3) is 0.353. The van der Waals surface area contributed by atoms with Crippen LogP contribution in [0.3, 0.4) is 0 Å². The van der Waals surface area contributed by atoms with Crippen molar-refractivity contribution in [2.24, 2.45) is 0 Å². The standard InChI is InChI=1S/C17H18N2O2S/c18-9-13-1-3-16(4-2-13)21-12-15(20)11-19-7-5-17-14(10-19)6-8-22-17/h1-4,6,8,15,20H,5,7,10-12H2/t15-/m1/s1.